The summed E-state index contributed by atoms with van der Waals surface area (Å²) in [6.07, 6.45) is 0. The van der Waals surface area contributed by atoms with Crippen LogP contribution in [0.3, 0.4) is 0 Å². The minimum absolute atomic E-state index is 0.0147. The molecule has 0 aliphatic heterocycles. The zero-order valence-corrected chi connectivity index (χ0v) is 14.1. The number of sulfonamides is 1. The predicted molar refractivity (Wildman–Crippen MR) is 89.8 cm³/mol. The molecule has 2 rings (SSSR count). The molecule has 0 fully saturated rings. The molecular weight excluding hydrogens is 361 g/mol. The first-order valence-corrected chi connectivity index (χ1v) is 8.58. The Balaban J connectivity index is 2.59. The maximum Gasteiger partial charge on any atom is 0.264 e. The molecule has 9 heteroatoms. The van der Waals surface area contributed by atoms with Gasteiger partial charge in [0, 0.05) is 5.02 Å². The highest BCUT2D eigenvalue weighted by molar-refractivity contribution is 7.92. The minimum atomic E-state index is -4.02. The van der Waals surface area contributed by atoms with Crippen molar-refractivity contribution in [3.8, 4) is 0 Å². The summed E-state index contributed by atoms with van der Waals surface area (Å²) < 4.78 is 26.6. The van der Waals surface area contributed by atoms with Gasteiger partial charge in [0.1, 0.15) is 6.54 Å². The van der Waals surface area contributed by atoms with E-state index in [1.54, 1.807) is 18.2 Å². The average Bonchev–Trinajstić information content (AvgIpc) is 2.55. The molecule has 0 spiro atoms. The summed E-state index contributed by atoms with van der Waals surface area (Å²) in [7, 11) is -4.02. The topological polar surface area (TPSA) is 92.5 Å². The summed E-state index contributed by atoms with van der Waals surface area (Å²) in [4.78, 5) is 11.7. The van der Waals surface area contributed by atoms with Crippen molar-refractivity contribution in [2.75, 3.05) is 10.8 Å². The van der Waals surface area contributed by atoms with Crippen molar-refractivity contribution in [3.63, 3.8) is 0 Å². The lowest BCUT2D eigenvalue weighted by atomic mass is 10.3. The fourth-order valence-electron chi connectivity index (χ4n) is 1.87. The van der Waals surface area contributed by atoms with E-state index in [2.05, 4.69) is 0 Å². The van der Waals surface area contributed by atoms with E-state index in [0.717, 1.165) is 4.31 Å². The third-order valence-electron chi connectivity index (χ3n) is 2.96. The van der Waals surface area contributed by atoms with Gasteiger partial charge < -0.3 is 0 Å². The van der Waals surface area contributed by atoms with E-state index in [0.29, 0.717) is 0 Å². The van der Waals surface area contributed by atoms with Crippen LogP contribution in [0.4, 0.5) is 5.69 Å². The Morgan fingerprint density at radius 1 is 1.13 bits per heavy atom. The number of halogens is 2. The minimum Gasteiger partial charge on any atom is -0.293 e. The van der Waals surface area contributed by atoms with E-state index in [4.69, 9.17) is 29.0 Å². The van der Waals surface area contributed by atoms with Crippen LogP contribution < -0.4 is 15.6 Å². The lowest BCUT2D eigenvalue weighted by Gasteiger charge is -2.24. The highest BCUT2D eigenvalue weighted by Gasteiger charge is 2.28. The van der Waals surface area contributed by atoms with Crippen LogP contribution in [0.15, 0.2) is 53.4 Å². The Kier molecular flexibility index (Phi) is 5.48. The number of hydrogen-bond acceptors (Lipinski definition) is 4. The molecule has 0 radical (unpaired) electrons. The fraction of sp³-hybridized carbons (Fsp3) is 0.0714. The number of amides is 1. The highest BCUT2D eigenvalue weighted by Crippen LogP contribution is 2.32. The first kappa shape index (κ1) is 17.6. The number of hydrogen-bond donors (Lipinski definition) is 2. The largest absolute Gasteiger partial charge is 0.293 e. The zero-order valence-electron chi connectivity index (χ0n) is 11.7. The van der Waals surface area contributed by atoms with Crippen LogP contribution in [0.2, 0.25) is 10.0 Å². The summed E-state index contributed by atoms with van der Waals surface area (Å²) in [6, 6.07) is 12.0. The molecule has 2 aromatic carbocycles. The van der Waals surface area contributed by atoms with Crippen molar-refractivity contribution in [2.24, 2.45) is 5.84 Å². The quantitative estimate of drug-likeness (QED) is 0.477. The summed E-state index contributed by atoms with van der Waals surface area (Å²) in [6.45, 7) is -0.534. The normalized spacial score (nSPS) is 11.1. The Bertz CT molecular complexity index is 813. The molecule has 0 atom stereocenters. The summed E-state index contributed by atoms with van der Waals surface area (Å²) in [5.41, 5.74) is 1.99. The second-order valence-corrected chi connectivity index (χ2v) is 7.19. The van der Waals surface area contributed by atoms with Crippen molar-refractivity contribution in [1.29, 1.82) is 0 Å². The van der Waals surface area contributed by atoms with Gasteiger partial charge in [-0.25, -0.2) is 14.3 Å². The van der Waals surface area contributed by atoms with Crippen molar-refractivity contribution in [2.45, 2.75) is 4.90 Å². The molecule has 1 amide bonds. The monoisotopic (exact) mass is 373 g/mol. The van der Waals surface area contributed by atoms with Gasteiger partial charge in [-0.3, -0.25) is 14.5 Å². The van der Waals surface area contributed by atoms with E-state index in [9.17, 15) is 13.2 Å². The molecule has 0 aliphatic carbocycles. The van der Waals surface area contributed by atoms with Gasteiger partial charge in [0.05, 0.1) is 15.6 Å². The highest BCUT2D eigenvalue weighted by atomic mass is 35.5. The van der Waals surface area contributed by atoms with Crippen molar-refractivity contribution >= 4 is 44.8 Å². The molecule has 0 aliphatic rings. The lowest BCUT2D eigenvalue weighted by molar-refractivity contribution is -0.119. The van der Waals surface area contributed by atoms with Gasteiger partial charge in [0.25, 0.3) is 15.9 Å². The van der Waals surface area contributed by atoms with Crippen LogP contribution >= 0.6 is 23.2 Å². The Morgan fingerprint density at radius 3 is 2.39 bits per heavy atom. The van der Waals surface area contributed by atoms with Crippen LogP contribution in [0.1, 0.15) is 0 Å². The third kappa shape index (κ3) is 3.94. The number of hydrazine groups is 1. The second kappa shape index (κ2) is 7.18. The van der Waals surface area contributed by atoms with Crippen molar-refractivity contribution in [1.82, 2.24) is 5.43 Å². The molecule has 6 nitrogen and oxygen atoms in total. The van der Waals surface area contributed by atoms with E-state index >= 15 is 0 Å². The van der Waals surface area contributed by atoms with Gasteiger partial charge in [-0.05, 0) is 30.3 Å². The summed E-state index contributed by atoms with van der Waals surface area (Å²) >= 11 is 12.0. The number of benzene rings is 2. The number of nitrogens with zero attached hydrogens (tertiary/aromatic N) is 1. The van der Waals surface area contributed by atoms with E-state index < -0.39 is 22.5 Å². The van der Waals surface area contributed by atoms with Gasteiger partial charge in [-0.2, -0.15) is 0 Å². The van der Waals surface area contributed by atoms with E-state index in [1.165, 1.54) is 30.3 Å². The van der Waals surface area contributed by atoms with Crippen LogP contribution in [-0.2, 0) is 14.8 Å². The van der Waals surface area contributed by atoms with E-state index in [1.807, 2.05) is 5.43 Å². The lowest BCUT2D eigenvalue weighted by Crippen LogP contribution is -2.43. The SMILES string of the molecule is NNC(=O)CN(c1cc(Cl)ccc1Cl)S(=O)(=O)c1ccccc1. The van der Waals surface area contributed by atoms with Gasteiger partial charge in [-0.1, -0.05) is 41.4 Å². The van der Waals surface area contributed by atoms with Crippen molar-refractivity contribution in [3.05, 3.63) is 58.6 Å². The number of carbonyl (C=O) groups is 1. The van der Waals surface area contributed by atoms with Gasteiger partial charge in [-0.15, -0.1) is 0 Å². The number of rotatable bonds is 5. The molecule has 122 valence electrons. The Hall–Kier alpha value is -1.80. The van der Waals surface area contributed by atoms with Gasteiger partial charge in [0.15, 0.2) is 0 Å². The molecule has 0 unspecified atom stereocenters. The van der Waals surface area contributed by atoms with Crippen LogP contribution in [0.5, 0.6) is 0 Å². The van der Waals surface area contributed by atoms with Crippen LogP contribution in [0, 0.1) is 0 Å². The summed E-state index contributed by atoms with van der Waals surface area (Å²) in [5, 5.41) is 0.421. The number of nitrogens with two attached hydrogens (primary N) is 1. The first-order valence-electron chi connectivity index (χ1n) is 6.38. The summed E-state index contributed by atoms with van der Waals surface area (Å²) in [5.74, 6) is 4.37. The fourth-order valence-corrected chi connectivity index (χ4v) is 3.76. The second-order valence-electron chi connectivity index (χ2n) is 4.49. The molecule has 0 saturated carbocycles. The maximum atomic E-state index is 12.9. The molecule has 0 aromatic heterocycles. The van der Waals surface area contributed by atoms with Crippen molar-refractivity contribution < 1.29 is 13.2 Å². The average molecular weight is 374 g/mol. The number of carbonyl (C=O) groups excluding carboxylic acids is 1. The van der Waals surface area contributed by atoms with E-state index in [-0.39, 0.29) is 20.6 Å². The Morgan fingerprint density at radius 2 is 1.78 bits per heavy atom. The number of nitrogens with one attached hydrogen (secondary N) is 1. The first-order chi connectivity index (χ1) is 10.9. The molecule has 0 saturated heterocycles. The van der Waals surface area contributed by atoms with Gasteiger partial charge in [0.2, 0.25) is 0 Å². The van der Waals surface area contributed by atoms with Gasteiger partial charge >= 0.3 is 0 Å². The molecular formula is C14H13Cl2N3O3S. The smallest absolute Gasteiger partial charge is 0.264 e. The van der Waals surface area contributed by atoms with Crippen LogP contribution in [0.25, 0.3) is 0 Å². The molecule has 0 bridgehead atoms. The van der Waals surface area contributed by atoms with Crippen LogP contribution in [-0.4, -0.2) is 20.9 Å². The predicted octanol–water partition coefficient (Wildman–Crippen LogP) is 2.18. The molecule has 0 heterocycles. The number of anilines is 1. The third-order valence-corrected chi connectivity index (χ3v) is 5.28. The standard InChI is InChI=1S/C14H13Cl2N3O3S/c15-10-6-7-12(16)13(8-10)19(9-14(20)18-17)23(21,22)11-4-2-1-3-5-11/h1-8H,9,17H2,(H,18,20). The maximum absolute atomic E-state index is 12.9. The molecule has 3 N–H and O–H groups in total. The molecule has 23 heavy (non-hydrogen) atoms. The molecule has 2 aromatic rings. The zero-order chi connectivity index (χ0) is 17.0. The Labute approximate surface area is 143 Å².